The van der Waals surface area contributed by atoms with E-state index >= 15 is 0 Å². The van der Waals surface area contributed by atoms with E-state index in [4.69, 9.17) is 17.3 Å². The first-order valence-electron chi connectivity index (χ1n) is 12.2. The number of benzene rings is 1. The van der Waals surface area contributed by atoms with Gasteiger partial charge in [0, 0.05) is 28.2 Å². The van der Waals surface area contributed by atoms with Crippen LogP contribution in [0.3, 0.4) is 0 Å². The molecular formula is C26H36ClN5. The fourth-order valence-electron chi connectivity index (χ4n) is 5.23. The standard InChI is InChI=1S/C19H21ClN4.C7H15N/c20-14-8-4-7-13(9-14)15-10-22-19-16(15)18(23-11-24-19)17(21)12-5-2-1-3-6-12;1-8-7-5-3-2-4-6-7/h4,7-12,17H,1-3,5-6,21H2,(H,22,23,24);7-8H,2-6H2,1H3. The number of hydrogen-bond donors (Lipinski definition) is 3. The molecular weight excluding hydrogens is 418 g/mol. The second-order valence-corrected chi connectivity index (χ2v) is 9.68. The number of nitrogens with zero attached hydrogens (tertiary/aromatic N) is 2. The van der Waals surface area contributed by atoms with E-state index in [0.717, 1.165) is 38.9 Å². The number of aromatic amines is 1. The van der Waals surface area contributed by atoms with Gasteiger partial charge in [0.1, 0.15) is 12.0 Å². The number of nitrogens with one attached hydrogen (secondary N) is 2. The molecule has 172 valence electrons. The number of H-pyrrole nitrogens is 1. The van der Waals surface area contributed by atoms with Gasteiger partial charge in [-0.05, 0) is 56.3 Å². The summed E-state index contributed by atoms with van der Waals surface area (Å²) < 4.78 is 0. The monoisotopic (exact) mass is 453 g/mol. The zero-order valence-corrected chi connectivity index (χ0v) is 19.9. The van der Waals surface area contributed by atoms with E-state index in [9.17, 15) is 0 Å². The Morgan fingerprint density at radius 3 is 2.41 bits per heavy atom. The van der Waals surface area contributed by atoms with Crippen molar-refractivity contribution >= 4 is 22.6 Å². The molecule has 2 aromatic heterocycles. The third kappa shape index (κ3) is 5.51. The van der Waals surface area contributed by atoms with Crippen molar-refractivity contribution in [2.45, 2.75) is 76.3 Å². The number of hydrogen-bond acceptors (Lipinski definition) is 4. The predicted molar refractivity (Wildman–Crippen MR) is 134 cm³/mol. The summed E-state index contributed by atoms with van der Waals surface area (Å²) in [6.45, 7) is 0. The molecule has 5 rings (SSSR count). The zero-order chi connectivity index (χ0) is 22.3. The van der Waals surface area contributed by atoms with Crippen LogP contribution >= 0.6 is 11.6 Å². The summed E-state index contributed by atoms with van der Waals surface area (Å²) in [7, 11) is 2.07. The van der Waals surface area contributed by atoms with Crippen LogP contribution in [0.1, 0.15) is 75.9 Å². The zero-order valence-electron chi connectivity index (χ0n) is 19.1. The molecule has 1 unspecified atom stereocenters. The molecule has 4 N–H and O–H groups in total. The Labute approximate surface area is 196 Å². The van der Waals surface area contributed by atoms with Gasteiger partial charge >= 0.3 is 0 Å². The van der Waals surface area contributed by atoms with Gasteiger partial charge in [-0.3, -0.25) is 0 Å². The van der Waals surface area contributed by atoms with E-state index < -0.39 is 0 Å². The maximum atomic E-state index is 6.64. The summed E-state index contributed by atoms with van der Waals surface area (Å²) in [6, 6.07) is 8.64. The first kappa shape index (κ1) is 23.2. The minimum atomic E-state index is -0.0514. The molecule has 0 bridgehead atoms. The Balaban J connectivity index is 0.000000260. The lowest BCUT2D eigenvalue weighted by molar-refractivity contribution is 0.306. The molecule has 1 aromatic carbocycles. The smallest absolute Gasteiger partial charge is 0.141 e. The van der Waals surface area contributed by atoms with Crippen LogP contribution in [0, 0.1) is 5.92 Å². The first-order valence-corrected chi connectivity index (χ1v) is 12.6. The highest BCUT2D eigenvalue weighted by Crippen LogP contribution is 2.38. The largest absolute Gasteiger partial charge is 0.345 e. The summed E-state index contributed by atoms with van der Waals surface area (Å²) >= 11 is 6.17. The minimum absolute atomic E-state index is 0.0514. The van der Waals surface area contributed by atoms with Crippen LogP contribution in [0.5, 0.6) is 0 Å². The van der Waals surface area contributed by atoms with E-state index in [1.165, 1.54) is 64.2 Å². The number of aromatic nitrogens is 3. The fraction of sp³-hybridized carbons (Fsp3) is 0.538. The number of halogens is 1. The molecule has 0 spiro atoms. The molecule has 0 radical (unpaired) electrons. The Kier molecular flexibility index (Phi) is 8.17. The lowest BCUT2D eigenvalue weighted by Gasteiger charge is -2.27. The van der Waals surface area contributed by atoms with Gasteiger partial charge in [-0.1, -0.05) is 62.3 Å². The molecule has 2 fully saturated rings. The molecule has 0 saturated heterocycles. The van der Waals surface area contributed by atoms with E-state index in [1.807, 2.05) is 24.4 Å². The first-order chi connectivity index (χ1) is 15.7. The summed E-state index contributed by atoms with van der Waals surface area (Å²) in [5.41, 5.74) is 10.5. The van der Waals surface area contributed by atoms with Crippen molar-refractivity contribution in [2.24, 2.45) is 11.7 Å². The van der Waals surface area contributed by atoms with Crippen LogP contribution in [-0.4, -0.2) is 28.0 Å². The van der Waals surface area contributed by atoms with E-state index in [0.29, 0.717) is 5.92 Å². The van der Waals surface area contributed by atoms with Crippen LogP contribution in [-0.2, 0) is 0 Å². The van der Waals surface area contributed by atoms with E-state index in [1.54, 1.807) is 6.33 Å². The second kappa shape index (κ2) is 11.3. The normalized spacial score (nSPS) is 18.8. The number of rotatable bonds is 4. The molecule has 3 aromatic rings. The molecule has 1 atom stereocenters. The van der Waals surface area contributed by atoms with Gasteiger partial charge in [0.25, 0.3) is 0 Å². The maximum Gasteiger partial charge on any atom is 0.141 e. The van der Waals surface area contributed by atoms with Gasteiger partial charge in [-0.2, -0.15) is 0 Å². The van der Waals surface area contributed by atoms with Gasteiger partial charge in [-0.25, -0.2) is 9.97 Å². The quantitative estimate of drug-likeness (QED) is 0.427. The third-order valence-electron chi connectivity index (χ3n) is 7.12. The highest BCUT2D eigenvalue weighted by Gasteiger charge is 2.26. The summed E-state index contributed by atoms with van der Waals surface area (Å²) in [6.07, 6.45) is 16.9. The Morgan fingerprint density at radius 2 is 1.75 bits per heavy atom. The third-order valence-corrected chi connectivity index (χ3v) is 7.36. The van der Waals surface area contributed by atoms with E-state index in [2.05, 4.69) is 33.4 Å². The number of fused-ring (bicyclic) bond motifs is 1. The summed E-state index contributed by atoms with van der Waals surface area (Å²) in [4.78, 5) is 12.2. The van der Waals surface area contributed by atoms with Crippen molar-refractivity contribution < 1.29 is 0 Å². The SMILES string of the molecule is CNC1CCCCC1.NC(c1ncnc2[nH]cc(-c3cccc(Cl)c3)c12)C1CCCCC1. The second-order valence-electron chi connectivity index (χ2n) is 9.24. The molecule has 0 aliphatic heterocycles. The van der Waals surface area contributed by atoms with Gasteiger partial charge in [-0.15, -0.1) is 0 Å². The highest BCUT2D eigenvalue weighted by molar-refractivity contribution is 6.30. The molecule has 6 heteroatoms. The van der Waals surface area contributed by atoms with E-state index in [-0.39, 0.29) is 6.04 Å². The van der Waals surface area contributed by atoms with Crippen LogP contribution < -0.4 is 11.1 Å². The lowest BCUT2D eigenvalue weighted by Crippen LogP contribution is -2.26. The predicted octanol–water partition coefficient (Wildman–Crippen LogP) is 6.40. The van der Waals surface area contributed by atoms with Crippen molar-refractivity contribution in [2.75, 3.05) is 7.05 Å². The lowest BCUT2D eigenvalue weighted by atomic mass is 9.82. The number of nitrogens with two attached hydrogens (primary N) is 1. The van der Waals surface area contributed by atoms with Crippen LogP contribution in [0.25, 0.3) is 22.2 Å². The van der Waals surface area contributed by atoms with Crippen LogP contribution in [0.2, 0.25) is 5.02 Å². The Morgan fingerprint density at radius 1 is 1.03 bits per heavy atom. The summed E-state index contributed by atoms with van der Waals surface area (Å²) in [5, 5.41) is 5.05. The van der Waals surface area contributed by atoms with Gasteiger partial charge in [0.2, 0.25) is 0 Å². The average molecular weight is 454 g/mol. The highest BCUT2D eigenvalue weighted by atomic mass is 35.5. The minimum Gasteiger partial charge on any atom is -0.345 e. The van der Waals surface area contributed by atoms with Crippen molar-refractivity contribution in [3.05, 3.63) is 47.5 Å². The van der Waals surface area contributed by atoms with Crippen LogP contribution in [0.15, 0.2) is 36.8 Å². The molecule has 0 amide bonds. The van der Waals surface area contributed by atoms with Gasteiger partial charge in [0.05, 0.1) is 11.7 Å². The molecule has 2 aliphatic rings. The van der Waals surface area contributed by atoms with Gasteiger partial charge < -0.3 is 16.0 Å². The molecule has 32 heavy (non-hydrogen) atoms. The fourth-order valence-corrected chi connectivity index (χ4v) is 5.42. The topological polar surface area (TPSA) is 79.6 Å². The molecule has 2 saturated carbocycles. The Hall–Kier alpha value is -1.95. The van der Waals surface area contributed by atoms with Crippen molar-refractivity contribution in [3.63, 3.8) is 0 Å². The van der Waals surface area contributed by atoms with Crippen molar-refractivity contribution in [1.29, 1.82) is 0 Å². The molecule has 5 nitrogen and oxygen atoms in total. The Bertz CT molecular complexity index is 989. The molecule has 2 aliphatic carbocycles. The average Bonchev–Trinajstić information content (AvgIpc) is 3.29. The van der Waals surface area contributed by atoms with Crippen LogP contribution in [0.4, 0.5) is 0 Å². The molecule has 2 heterocycles. The van der Waals surface area contributed by atoms with Crippen molar-refractivity contribution in [3.8, 4) is 11.1 Å². The maximum absolute atomic E-state index is 6.64. The summed E-state index contributed by atoms with van der Waals surface area (Å²) in [5.74, 6) is 0.499. The van der Waals surface area contributed by atoms with Gasteiger partial charge in [0.15, 0.2) is 0 Å². The van der Waals surface area contributed by atoms with Crippen molar-refractivity contribution in [1.82, 2.24) is 20.3 Å².